The maximum absolute atomic E-state index is 6.17. The van der Waals surface area contributed by atoms with Crippen LogP contribution in [-0.2, 0) is 4.74 Å². The van der Waals surface area contributed by atoms with Crippen LogP contribution in [0.3, 0.4) is 0 Å². The van der Waals surface area contributed by atoms with Gasteiger partial charge in [0.2, 0.25) is 0 Å². The quantitative estimate of drug-likeness (QED) is 0.707. The second-order valence-corrected chi connectivity index (χ2v) is 3.92. The Labute approximate surface area is 104 Å². The molecule has 0 saturated carbocycles. The first-order valence-electron chi connectivity index (χ1n) is 6.34. The van der Waals surface area contributed by atoms with E-state index in [-0.39, 0.29) is 6.04 Å². The van der Waals surface area contributed by atoms with Crippen molar-refractivity contribution in [1.29, 1.82) is 0 Å². The van der Waals surface area contributed by atoms with Gasteiger partial charge in [-0.3, -0.25) is 0 Å². The van der Waals surface area contributed by atoms with E-state index in [4.69, 9.17) is 15.2 Å². The van der Waals surface area contributed by atoms with Crippen LogP contribution in [0.15, 0.2) is 24.3 Å². The Balaban J connectivity index is 2.52. The minimum Gasteiger partial charge on any atom is -0.494 e. The van der Waals surface area contributed by atoms with Crippen molar-refractivity contribution in [3.63, 3.8) is 0 Å². The van der Waals surface area contributed by atoms with E-state index >= 15 is 0 Å². The molecule has 0 radical (unpaired) electrons. The first-order chi connectivity index (χ1) is 8.29. The molecule has 1 aromatic carbocycles. The second kappa shape index (κ2) is 8.09. The first-order valence-corrected chi connectivity index (χ1v) is 6.34. The maximum atomic E-state index is 6.17. The lowest BCUT2D eigenvalue weighted by molar-refractivity contribution is 0.142. The minimum atomic E-state index is 0.0261. The average molecular weight is 237 g/mol. The van der Waals surface area contributed by atoms with Crippen molar-refractivity contribution < 1.29 is 9.47 Å². The summed E-state index contributed by atoms with van der Waals surface area (Å²) < 4.78 is 10.9. The Morgan fingerprint density at radius 3 is 2.65 bits per heavy atom. The Morgan fingerprint density at radius 1 is 1.18 bits per heavy atom. The summed E-state index contributed by atoms with van der Waals surface area (Å²) in [5.41, 5.74) is 7.26. The summed E-state index contributed by atoms with van der Waals surface area (Å²) in [7, 11) is 0. The zero-order valence-electron chi connectivity index (χ0n) is 10.8. The van der Waals surface area contributed by atoms with Crippen LogP contribution in [-0.4, -0.2) is 19.8 Å². The zero-order valence-corrected chi connectivity index (χ0v) is 10.8. The molecule has 1 aromatic rings. The van der Waals surface area contributed by atoms with Crippen molar-refractivity contribution in [1.82, 2.24) is 0 Å². The summed E-state index contributed by atoms with van der Waals surface area (Å²) in [6.07, 6.45) is 1.90. The molecule has 0 aliphatic carbocycles. The monoisotopic (exact) mass is 237 g/mol. The molecule has 96 valence electrons. The largest absolute Gasteiger partial charge is 0.494 e. The van der Waals surface area contributed by atoms with Gasteiger partial charge in [0, 0.05) is 24.8 Å². The highest BCUT2D eigenvalue weighted by atomic mass is 16.5. The molecule has 0 bridgehead atoms. The summed E-state index contributed by atoms with van der Waals surface area (Å²) in [5, 5.41) is 0. The first kappa shape index (κ1) is 14.0. The number of benzene rings is 1. The normalized spacial score (nSPS) is 12.4. The molecule has 0 aromatic heterocycles. The molecule has 3 nitrogen and oxygen atoms in total. The number of para-hydroxylation sites is 1. The molecule has 3 heteroatoms. The lowest BCUT2D eigenvalue weighted by Gasteiger charge is -2.16. The molecule has 2 N–H and O–H groups in total. The molecule has 0 aliphatic rings. The highest BCUT2D eigenvalue weighted by molar-refractivity contribution is 5.35. The van der Waals surface area contributed by atoms with Gasteiger partial charge in [0.1, 0.15) is 5.75 Å². The molecule has 0 amide bonds. The summed E-state index contributed by atoms with van der Waals surface area (Å²) in [6, 6.07) is 8.01. The van der Waals surface area contributed by atoms with Crippen molar-refractivity contribution in [2.45, 2.75) is 32.7 Å². The van der Waals surface area contributed by atoms with Crippen LogP contribution in [0.25, 0.3) is 0 Å². The molecule has 1 unspecified atom stereocenters. The molecule has 17 heavy (non-hydrogen) atoms. The number of ether oxygens (including phenoxy) is 2. The molecule has 1 atom stereocenters. The van der Waals surface area contributed by atoms with E-state index in [0.717, 1.165) is 37.4 Å². The summed E-state index contributed by atoms with van der Waals surface area (Å²) in [5.74, 6) is 0.902. The van der Waals surface area contributed by atoms with Gasteiger partial charge < -0.3 is 15.2 Å². The number of nitrogens with two attached hydrogens (primary N) is 1. The highest BCUT2D eigenvalue weighted by Crippen LogP contribution is 2.26. The van der Waals surface area contributed by atoms with Crippen LogP contribution in [0.1, 0.15) is 38.3 Å². The third-order valence-electron chi connectivity index (χ3n) is 2.63. The zero-order chi connectivity index (χ0) is 12.5. The third-order valence-corrected chi connectivity index (χ3v) is 2.63. The summed E-state index contributed by atoms with van der Waals surface area (Å²) in [6.45, 7) is 6.20. The highest BCUT2D eigenvalue weighted by Gasteiger charge is 2.10. The van der Waals surface area contributed by atoms with Gasteiger partial charge in [-0.15, -0.1) is 0 Å². The van der Waals surface area contributed by atoms with Gasteiger partial charge in [0.25, 0.3) is 0 Å². The van der Waals surface area contributed by atoms with Crippen LogP contribution in [0.5, 0.6) is 5.75 Å². The molecule has 0 spiro atoms. The van der Waals surface area contributed by atoms with Crippen molar-refractivity contribution >= 4 is 0 Å². The molecule has 0 saturated heterocycles. The predicted molar refractivity (Wildman–Crippen MR) is 70.3 cm³/mol. The second-order valence-electron chi connectivity index (χ2n) is 3.92. The van der Waals surface area contributed by atoms with E-state index < -0.39 is 0 Å². The van der Waals surface area contributed by atoms with Gasteiger partial charge in [-0.1, -0.05) is 18.2 Å². The van der Waals surface area contributed by atoms with E-state index in [9.17, 15) is 0 Å². The van der Waals surface area contributed by atoms with E-state index in [1.807, 2.05) is 38.1 Å². The molecule has 0 aliphatic heterocycles. The van der Waals surface area contributed by atoms with Gasteiger partial charge in [-0.25, -0.2) is 0 Å². The minimum absolute atomic E-state index is 0.0261. The fraction of sp³-hybridized carbons (Fsp3) is 0.571. The Morgan fingerprint density at radius 2 is 1.94 bits per heavy atom. The van der Waals surface area contributed by atoms with Crippen LogP contribution in [0, 0.1) is 0 Å². The van der Waals surface area contributed by atoms with E-state index in [0.29, 0.717) is 6.61 Å². The lowest BCUT2D eigenvalue weighted by atomic mass is 10.0. The summed E-state index contributed by atoms with van der Waals surface area (Å²) >= 11 is 0. The van der Waals surface area contributed by atoms with Gasteiger partial charge >= 0.3 is 0 Å². The van der Waals surface area contributed by atoms with Gasteiger partial charge in [-0.05, 0) is 32.8 Å². The van der Waals surface area contributed by atoms with E-state index in [1.54, 1.807) is 0 Å². The van der Waals surface area contributed by atoms with Crippen molar-refractivity contribution in [3.8, 4) is 5.75 Å². The van der Waals surface area contributed by atoms with Gasteiger partial charge in [0.15, 0.2) is 0 Å². The van der Waals surface area contributed by atoms with Gasteiger partial charge in [-0.2, -0.15) is 0 Å². The van der Waals surface area contributed by atoms with Crippen molar-refractivity contribution in [3.05, 3.63) is 29.8 Å². The van der Waals surface area contributed by atoms with Crippen LogP contribution >= 0.6 is 0 Å². The maximum Gasteiger partial charge on any atom is 0.124 e. The topological polar surface area (TPSA) is 44.5 Å². The number of hydrogen-bond acceptors (Lipinski definition) is 3. The lowest BCUT2D eigenvalue weighted by Crippen LogP contribution is -2.13. The fourth-order valence-corrected chi connectivity index (χ4v) is 1.78. The Kier molecular flexibility index (Phi) is 6.67. The molecular formula is C14H23NO2. The molecule has 0 heterocycles. The standard InChI is InChI=1S/C14H23NO2/c1-3-16-11-7-9-13(15)12-8-5-6-10-14(12)17-4-2/h5-6,8,10,13H,3-4,7,9,11,15H2,1-2H3. The van der Waals surface area contributed by atoms with E-state index in [2.05, 4.69) is 0 Å². The number of rotatable bonds is 8. The van der Waals surface area contributed by atoms with Crippen LogP contribution in [0.2, 0.25) is 0 Å². The molecule has 0 fully saturated rings. The third kappa shape index (κ3) is 4.75. The average Bonchev–Trinajstić information content (AvgIpc) is 2.35. The van der Waals surface area contributed by atoms with Gasteiger partial charge in [0.05, 0.1) is 6.61 Å². The van der Waals surface area contributed by atoms with Crippen LogP contribution in [0.4, 0.5) is 0 Å². The molecular weight excluding hydrogens is 214 g/mol. The van der Waals surface area contributed by atoms with Crippen molar-refractivity contribution in [2.75, 3.05) is 19.8 Å². The number of hydrogen-bond donors (Lipinski definition) is 1. The SMILES string of the molecule is CCOCCCC(N)c1ccccc1OCC. The fourth-order valence-electron chi connectivity index (χ4n) is 1.78. The Bertz CT molecular complexity index is 315. The van der Waals surface area contributed by atoms with Crippen LogP contribution < -0.4 is 10.5 Å². The smallest absolute Gasteiger partial charge is 0.124 e. The Hall–Kier alpha value is -1.06. The van der Waals surface area contributed by atoms with Crippen molar-refractivity contribution in [2.24, 2.45) is 5.73 Å². The predicted octanol–water partition coefficient (Wildman–Crippen LogP) is 2.90. The molecule has 1 rings (SSSR count). The summed E-state index contributed by atoms with van der Waals surface area (Å²) in [4.78, 5) is 0. The van der Waals surface area contributed by atoms with E-state index in [1.165, 1.54) is 0 Å².